The van der Waals surface area contributed by atoms with Gasteiger partial charge in [-0.2, -0.15) is 0 Å². The van der Waals surface area contributed by atoms with Crippen molar-refractivity contribution in [2.75, 3.05) is 46.4 Å². The first-order valence-electron chi connectivity index (χ1n) is 9.03. The molecule has 2 aromatic rings. The molecule has 2 aromatic carbocycles. The number of piperazine rings is 1. The van der Waals surface area contributed by atoms with Gasteiger partial charge >= 0.3 is 0 Å². The van der Waals surface area contributed by atoms with Crippen LogP contribution in [0.5, 0.6) is 5.75 Å². The van der Waals surface area contributed by atoms with Gasteiger partial charge in [0.15, 0.2) is 0 Å². The summed E-state index contributed by atoms with van der Waals surface area (Å²) in [6.07, 6.45) is 0. The van der Waals surface area contributed by atoms with Crippen molar-refractivity contribution in [2.24, 2.45) is 0 Å². The Kier molecular flexibility index (Phi) is 6.63. The molecule has 0 N–H and O–H groups in total. The van der Waals surface area contributed by atoms with Gasteiger partial charge in [0.25, 0.3) is 5.91 Å². The minimum atomic E-state index is 0.100. The fraction of sp³-hybridized carbons (Fsp3) is 0.381. The lowest BCUT2D eigenvalue weighted by molar-refractivity contribution is 0.0620. The number of hydrogen-bond donors (Lipinski definition) is 0. The van der Waals surface area contributed by atoms with Crippen LogP contribution < -0.4 is 4.74 Å². The Morgan fingerprint density at radius 3 is 2.50 bits per heavy atom. The van der Waals surface area contributed by atoms with Crippen LogP contribution in [0.3, 0.4) is 0 Å². The molecule has 1 aliphatic heterocycles. The number of rotatable bonds is 7. The zero-order chi connectivity index (χ0) is 18.2. The molecule has 5 nitrogen and oxygen atoms in total. The number of amides is 1. The Hall–Kier alpha value is -2.37. The quantitative estimate of drug-likeness (QED) is 0.767. The molecule has 1 saturated heterocycles. The smallest absolute Gasteiger partial charge is 0.253 e. The molecule has 0 radical (unpaired) electrons. The summed E-state index contributed by atoms with van der Waals surface area (Å²) in [6.45, 7) is 5.31. The largest absolute Gasteiger partial charge is 0.492 e. The molecular weight excluding hydrogens is 328 g/mol. The van der Waals surface area contributed by atoms with Crippen LogP contribution in [0.4, 0.5) is 0 Å². The highest BCUT2D eigenvalue weighted by molar-refractivity contribution is 5.94. The Morgan fingerprint density at radius 1 is 1.00 bits per heavy atom. The van der Waals surface area contributed by atoms with Gasteiger partial charge in [-0.1, -0.05) is 30.3 Å². The number of para-hydroxylation sites is 1. The molecule has 0 unspecified atom stereocenters. The van der Waals surface area contributed by atoms with Gasteiger partial charge in [0.1, 0.15) is 12.4 Å². The van der Waals surface area contributed by atoms with Crippen LogP contribution in [-0.4, -0.2) is 62.1 Å². The van der Waals surface area contributed by atoms with Crippen LogP contribution in [0, 0.1) is 0 Å². The molecule has 1 heterocycles. The highest BCUT2D eigenvalue weighted by Crippen LogP contribution is 2.12. The number of carbonyl (C=O) groups is 1. The molecule has 0 atom stereocenters. The van der Waals surface area contributed by atoms with Crippen molar-refractivity contribution < 1.29 is 14.3 Å². The second-order valence-corrected chi connectivity index (χ2v) is 6.43. The molecule has 1 fully saturated rings. The Balaban J connectivity index is 1.44. The molecule has 1 aliphatic rings. The number of nitrogens with zero attached hydrogens (tertiary/aromatic N) is 2. The van der Waals surface area contributed by atoms with Gasteiger partial charge in [0.05, 0.1) is 6.61 Å². The highest BCUT2D eigenvalue weighted by atomic mass is 16.5. The van der Waals surface area contributed by atoms with E-state index in [1.54, 1.807) is 7.11 Å². The van der Waals surface area contributed by atoms with E-state index in [1.807, 2.05) is 59.5 Å². The van der Waals surface area contributed by atoms with Crippen LogP contribution >= 0.6 is 0 Å². The molecular formula is C21H26N2O3. The van der Waals surface area contributed by atoms with Gasteiger partial charge in [-0.15, -0.1) is 0 Å². The topological polar surface area (TPSA) is 42.0 Å². The summed E-state index contributed by atoms with van der Waals surface area (Å²) in [5.74, 6) is 1.00. The summed E-state index contributed by atoms with van der Waals surface area (Å²) < 4.78 is 10.9. The first-order valence-corrected chi connectivity index (χ1v) is 9.03. The van der Waals surface area contributed by atoms with E-state index in [9.17, 15) is 4.79 Å². The molecule has 3 rings (SSSR count). The lowest BCUT2D eigenvalue weighted by Gasteiger charge is -2.34. The lowest BCUT2D eigenvalue weighted by atomic mass is 10.1. The van der Waals surface area contributed by atoms with Crippen LogP contribution in [0.2, 0.25) is 0 Å². The van der Waals surface area contributed by atoms with E-state index >= 15 is 0 Å². The first-order chi connectivity index (χ1) is 12.8. The summed E-state index contributed by atoms with van der Waals surface area (Å²) in [4.78, 5) is 17.0. The zero-order valence-electron chi connectivity index (χ0n) is 15.3. The number of hydrogen-bond acceptors (Lipinski definition) is 4. The van der Waals surface area contributed by atoms with Gasteiger partial charge in [0.2, 0.25) is 0 Å². The predicted octanol–water partition coefficient (Wildman–Crippen LogP) is 2.67. The SMILES string of the molecule is COCc1cccc(C(=O)N2CCN(CCOc3ccccc3)CC2)c1. The number of methoxy groups -OCH3 is 1. The maximum Gasteiger partial charge on any atom is 0.253 e. The Bertz CT molecular complexity index is 697. The first kappa shape index (κ1) is 18.4. The Morgan fingerprint density at radius 2 is 1.77 bits per heavy atom. The van der Waals surface area contributed by atoms with Crippen molar-refractivity contribution in [1.82, 2.24) is 9.80 Å². The second kappa shape index (κ2) is 9.36. The van der Waals surface area contributed by atoms with Gasteiger partial charge in [-0.3, -0.25) is 9.69 Å². The standard InChI is InChI=1S/C21H26N2O3/c1-25-17-18-6-5-7-19(16-18)21(24)23-12-10-22(11-13-23)14-15-26-20-8-3-2-4-9-20/h2-9,16H,10-15,17H2,1H3. The van der Waals surface area contributed by atoms with Crippen LogP contribution in [-0.2, 0) is 11.3 Å². The van der Waals surface area contributed by atoms with Crippen molar-refractivity contribution in [2.45, 2.75) is 6.61 Å². The van der Waals surface area contributed by atoms with Gasteiger partial charge in [0, 0.05) is 45.4 Å². The molecule has 0 spiro atoms. The summed E-state index contributed by atoms with van der Waals surface area (Å²) in [6, 6.07) is 17.6. The summed E-state index contributed by atoms with van der Waals surface area (Å²) >= 11 is 0. The van der Waals surface area contributed by atoms with Crippen molar-refractivity contribution in [3.8, 4) is 5.75 Å². The molecule has 0 aromatic heterocycles. The molecule has 26 heavy (non-hydrogen) atoms. The van der Waals surface area contributed by atoms with Crippen molar-refractivity contribution in [3.63, 3.8) is 0 Å². The van der Waals surface area contributed by atoms with E-state index in [2.05, 4.69) is 4.90 Å². The molecule has 0 aliphatic carbocycles. The van der Waals surface area contributed by atoms with E-state index < -0.39 is 0 Å². The molecule has 138 valence electrons. The third-order valence-corrected chi connectivity index (χ3v) is 4.56. The highest BCUT2D eigenvalue weighted by Gasteiger charge is 2.22. The molecule has 1 amide bonds. The normalized spacial score (nSPS) is 15.0. The maximum absolute atomic E-state index is 12.7. The van der Waals surface area contributed by atoms with Gasteiger partial charge in [-0.05, 0) is 29.8 Å². The predicted molar refractivity (Wildman–Crippen MR) is 101 cm³/mol. The summed E-state index contributed by atoms with van der Waals surface area (Å²) in [5, 5.41) is 0. The summed E-state index contributed by atoms with van der Waals surface area (Å²) in [7, 11) is 1.66. The fourth-order valence-electron chi connectivity index (χ4n) is 3.13. The van der Waals surface area contributed by atoms with Crippen molar-refractivity contribution >= 4 is 5.91 Å². The second-order valence-electron chi connectivity index (χ2n) is 6.43. The van der Waals surface area contributed by atoms with E-state index in [1.165, 1.54) is 0 Å². The van der Waals surface area contributed by atoms with E-state index in [0.717, 1.165) is 49.6 Å². The average Bonchev–Trinajstić information content (AvgIpc) is 2.69. The minimum Gasteiger partial charge on any atom is -0.492 e. The molecule has 0 saturated carbocycles. The van der Waals surface area contributed by atoms with Crippen LogP contribution in [0.1, 0.15) is 15.9 Å². The lowest BCUT2D eigenvalue weighted by Crippen LogP contribution is -2.49. The number of carbonyl (C=O) groups excluding carboxylic acids is 1. The van der Waals surface area contributed by atoms with E-state index in [-0.39, 0.29) is 5.91 Å². The third kappa shape index (κ3) is 5.07. The van der Waals surface area contributed by atoms with Crippen molar-refractivity contribution in [1.29, 1.82) is 0 Å². The maximum atomic E-state index is 12.7. The third-order valence-electron chi connectivity index (χ3n) is 4.56. The minimum absolute atomic E-state index is 0.100. The molecule has 0 bridgehead atoms. The summed E-state index contributed by atoms with van der Waals surface area (Å²) in [5.41, 5.74) is 1.76. The van der Waals surface area contributed by atoms with Crippen molar-refractivity contribution in [3.05, 3.63) is 65.7 Å². The monoisotopic (exact) mass is 354 g/mol. The zero-order valence-corrected chi connectivity index (χ0v) is 15.3. The number of benzene rings is 2. The van der Waals surface area contributed by atoms with E-state index in [4.69, 9.17) is 9.47 Å². The van der Waals surface area contributed by atoms with Crippen LogP contribution in [0.25, 0.3) is 0 Å². The van der Waals surface area contributed by atoms with E-state index in [0.29, 0.717) is 13.2 Å². The van der Waals surface area contributed by atoms with Gasteiger partial charge < -0.3 is 14.4 Å². The average molecular weight is 354 g/mol. The molecule has 5 heteroatoms. The number of ether oxygens (including phenoxy) is 2. The fourth-order valence-corrected chi connectivity index (χ4v) is 3.13. The van der Waals surface area contributed by atoms with Gasteiger partial charge in [-0.25, -0.2) is 0 Å². The van der Waals surface area contributed by atoms with Crippen LogP contribution in [0.15, 0.2) is 54.6 Å². The Labute approximate surface area is 155 Å².